The van der Waals surface area contributed by atoms with Crippen molar-refractivity contribution in [2.75, 3.05) is 19.7 Å². The van der Waals surface area contributed by atoms with E-state index in [0.717, 1.165) is 56.4 Å². The lowest BCUT2D eigenvalue weighted by Crippen LogP contribution is -2.45. The molecular weight excluding hydrogens is 350 g/mol. The molecule has 1 aromatic heterocycles. The van der Waals surface area contributed by atoms with Crippen molar-refractivity contribution in [1.82, 2.24) is 14.5 Å². The van der Waals surface area contributed by atoms with Gasteiger partial charge in [0.05, 0.1) is 17.1 Å². The van der Waals surface area contributed by atoms with Gasteiger partial charge in [-0.3, -0.25) is 4.57 Å². The zero-order valence-corrected chi connectivity index (χ0v) is 16.1. The Morgan fingerprint density at radius 1 is 0.893 bits per heavy atom. The van der Waals surface area contributed by atoms with Crippen molar-refractivity contribution >= 4 is 11.0 Å². The van der Waals surface area contributed by atoms with Gasteiger partial charge in [0, 0.05) is 31.8 Å². The monoisotopic (exact) mass is 377 g/mol. The highest BCUT2D eigenvalue weighted by atomic mass is 16.5. The SMILES string of the molecule is O=c1[nH]c2ccccc2n1C1CCN(C2CCOC(c3ccccc3)C2)CC1. The zero-order valence-electron chi connectivity index (χ0n) is 16.1. The Balaban J connectivity index is 1.27. The first-order valence-corrected chi connectivity index (χ1v) is 10.4. The quantitative estimate of drug-likeness (QED) is 0.753. The number of likely N-dealkylation sites (tertiary alicyclic amines) is 1. The average Bonchev–Trinajstić information content (AvgIpc) is 3.10. The second-order valence-electron chi connectivity index (χ2n) is 8.03. The molecule has 2 fully saturated rings. The maximum atomic E-state index is 12.5. The largest absolute Gasteiger partial charge is 0.373 e. The minimum atomic E-state index is 0.0230. The molecule has 1 N–H and O–H groups in total. The number of nitrogens with zero attached hydrogens (tertiary/aromatic N) is 2. The van der Waals surface area contributed by atoms with E-state index in [-0.39, 0.29) is 17.8 Å². The average molecular weight is 377 g/mol. The van der Waals surface area contributed by atoms with Gasteiger partial charge in [-0.25, -0.2) is 4.79 Å². The first kappa shape index (κ1) is 17.7. The number of piperidine rings is 1. The van der Waals surface area contributed by atoms with Crippen molar-refractivity contribution < 1.29 is 4.74 Å². The molecule has 2 unspecified atom stereocenters. The number of fused-ring (bicyclic) bond motifs is 1. The fraction of sp³-hybridized carbons (Fsp3) is 0.435. The van der Waals surface area contributed by atoms with E-state index in [0.29, 0.717) is 6.04 Å². The predicted molar refractivity (Wildman–Crippen MR) is 111 cm³/mol. The van der Waals surface area contributed by atoms with Crippen molar-refractivity contribution in [3.8, 4) is 0 Å². The smallest absolute Gasteiger partial charge is 0.326 e. The molecule has 2 aliphatic heterocycles. The summed E-state index contributed by atoms with van der Waals surface area (Å²) in [5, 5.41) is 0. The van der Waals surface area contributed by atoms with E-state index in [9.17, 15) is 4.79 Å². The van der Waals surface area contributed by atoms with Crippen LogP contribution in [-0.4, -0.2) is 40.2 Å². The van der Waals surface area contributed by atoms with Crippen molar-refractivity contribution in [3.05, 3.63) is 70.6 Å². The molecule has 0 spiro atoms. The highest BCUT2D eigenvalue weighted by Gasteiger charge is 2.31. The summed E-state index contributed by atoms with van der Waals surface area (Å²) in [4.78, 5) is 18.1. The number of H-pyrrole nitrogens is 1. The standard InChI is InChI=1S/C23H27N3O2/c27-23-24-20-8-4-5-9-21(20)26(23)18-10-13-25(14-11-18)19-12-15-28-22(16-19)17-6-2-1-3-7-17/h1-9,18-19,22H,10-16H2,(H,24,27). The van der Waals surface area contributed by atoms with Crippen molar-refractivity contribution in [2.24, 2.45) is 0 Å². The van der Waals surface area contributed by atoms with Crippen LogP contribution in [0.2, 0.25) is 0 Å². The molecule has 5 nitrogen and oxygen atoms in total. The van der Waals surface area contributed by atoms with Gasteiger partial charge >= 0.3 is 5.69 Å². The summed E-state index contributed by atoms with van der Waals surface area (Å²) >= 11 is 0. The fourth-order valence-electron chi connectivity index (χ4n) is 4.96. The summed E-state index contributed by atoms with van der Waals surface area (Å²) < 4.78 is 8.03. The lowest BCUT2D eigenvalue weighted by Gasteiger charge is -2.41. The molecule has 2 aliphatic rings. The van der Waals surface area contributed by atoms with Crippen LogP contribution in [0.15, 0.2) is 59.4 Å². The van der Waals surface area contributed by atoms with Crippen LogP contribution in [0.3, 0.4) is 0 Å². The number of ether oxygens (including phenoxy) is 1. The molecule has 0 aliphatic carbocycles. The third kappa shape index (κ3) is 3.29. The number of rotatable bonds is 3. The number of nitrogens with one attached hydrogen (secondary N) is 1. The van der Waals surface area contributed by atoms with Gasteiger partial charge in [0.15, 0.2) is 0 Å². The molecule has 3 aromatic rings. The summed E-state index contributed by atoms with van der Waals surface area (Å²) in [6.45, 7) is 2.91. The minimum Gasteiger partial charge on any atom is -0.373 e. The van der Waals surface area contributed by atoms with Crippen LogP contribution in [-0.2, 0) is 4.74 Å². The Bertz CT molecular complexity index is 986. The van der Waals surface area contributed by atoms with E-state index >= 15 is 0 Å². The Labute approximate surface area is 164 Å². The molecule has 2 aromatic carbocycles. The van der Waals surface area contributed by atoms with Gasteiger partial charge in [0.25, 0.3) is 0 Å². The normalized spacial score (nSPS) is 24.6. The van der Waals surface area contributed by atoms with Gasteiger partial charge < -0.3 is 14.6 Å². The molecule has 0 saturated carbocycles. The molecule has 28 heavy (non-hydrogen) atoms. The molecule has 0 bridgehead atoms. The lowest BCUT2D eigenvalue weighted by molar-refractivity contribution is -0.0346. The third-order valence-corrected chi connectivity index (χ3v) is 6.43. The maximum absolute atomic E-state index is 12.5. The summed E-state index contributed by atoms with van der Waals surface area (Å²) in [5.74, 6) is 0. The third-order valence-electron chi connectivity index (χ3n) is 6.43. The summed E-state index contributed by atoms with van der Waals surface area (Å²) in [6, 6.07) is 19.4. The van der Waals surface area contributed by atoms with E-state index in [4.69, 9.17) is 4.74 Å². The van der Waals surface area contributed by atoms with Crippen LogP contribution >= 0.6 is 0 Å². The summed E-state index contributed by atoms with van der Waals surface area (Å²) in [6.07, 6.45) is 4.40. The molecular formula is C23H27N3O2. The van der Waals surface area contributed by atoms with Crippen molar-refractivity contribution in [1.29, 1.82) is 0 Å². The summed E-state index contributed by atoms with van der Waals surface area (Å²) in [5.41, 5.74) is 3.27. The molecule has 146 valence electrons. The number of hydrogen-bond donors (Lipinski definition) is 1. The number of imidazole rings is 1. The predicted octanol–water partition coefficient (Wildman–Crippen LogP) is 3.89. The molecule has 2 saturated heterocycles. The van der Waals surface area contributed by atoms with Crippen LogP contribution < -0.4 is 5.69 Å². The zero-order chi connectivity index (χ0) is 18.9. The second-order valence-corrected chi connectivity index (χ2v) is 8.03. The molecule has 5 heteroatoms. The number of hydrogen-bond acceptors (Lipinski definition) is 3. The van der Waals surface area contributed by atoms with E-state index < -0.39 is 0 Å². The Morgan fingerprint density at radius 2 is 1.64 bits per heavy atom. The van der Waals surface area contributed by atoms with Gasteiger partial charge in [-0.2, -0.15) is 0 Å². The van der Waals surface area contributed by atoms with Crippen LogP contribution in [0.4, 0.5) is 0 Å². The molecule has 2 atom stereocenters. The first-order chi connectivity index (χ1) is 13.8. The van der Waals surface area contributed by atoms with Gasteiger partial charge in [-0.1, -0.05) is 42.5 Å². The second kappa shape index (κ2) is 7.57. The first-order valence-electron chi connectivity index (χ1n) is 10.4. The number of para-hydroxylation sites is 2. The number of benzene rings is 2. The number of aromatic nitrogens is 2. The molecule has 0 amide bonds. The van der Waals surface area contributed by atoms with Gasteiger partial charge in [-0.15, -0.1) is 0 Å². The minimum absolute atomic E-state index is 0.0230. The number of aromatic amines is 1. The van der Waals surface area contributed by atoms with Crippen LogP contribution in [0.1, 0.15) is 43.4 Å². The maximum Gasteiger partial charge on any atom is 0.326 e. The van der Waals surface area contributed by atoms with Crippen LogP contribution in [0, 0.1) is 0 Å². The van der Waals surface area contributed by atoms with E-state index in [1.807, 2.05) is 28.8 Å². The Hall–Kier alpha value is -2.37. The molecule has 3 heterocycles. The molecule has 0 radical (unpaired) electrons. The lowest BCUT2D eigenvalue weighted by atomic mass is 9.94. The van der Waals surface area contributed by atoms with E-state index in [2.05, 4.69) is 40.2 Å². The van der Waals surface area contributed by atoms with Crippen molar-refractivity contribution in [3.63, 3.8) is 0 Å². The van der Waals surface area contributed by atoms with Crippen molar-refractivity contribution in [2.45, 2.75) is 43.9 Å². The van der Waals surface area contributed by atoms with E-state index in [1.54, 1.807) is 0 Å². The fourth-order valence-corrected chi connectivity index (χ4v) is 4.96. The highest BCUT2D eigenvalue weighted by molar-refractivity contribution is 5.75. The van der Waals surface area contributed by atoms with Crippen LogP contribution in [0.5, 0.6) is 0 Å². The Morgan fingerprint density at radius 3 is 2.46 bits per heavy atom. The van der Waals surface area contributed by atoms with Gasteiger partial charge in [0.1, 0.15) is 0 Å². The van der Waals surface area contributed by atoms with Crippen LogP contribution in [0.25, 0.3) is 11.0 Å². The van der Waals surface area contributed by atoms with E-state index in [1.165, 1.54) is 5.56 Å². The van der Waals surface area contributed by atoms with Gasteiger partial charge in [-0.05, 0) is 43.4 Å². The topological polar surface area (TPSA) is 50.3 Å². The van der Waals surface area contributed by atoms with Gasteiger partial charge in [0.2, 0.25) is 0 Å². The Kier molecular flexibility index (Phi) is 4.79. The highest BCUT2D eigenvalue weighted by Crippen LogP contribution is 2.33. The molecule has 5 rings (SSSR count). The summed E-state index contributed by atoms with van der Waals surface area (Å²) in [7, 11) is 0.